The number of nitrogens with one attached hydrogen (secondary N) is 2. The van der Waals surface area contributed by atoms with Crippen LogP contribution in [-0.2, 0) is 11.2 Å². The van der Waals surface area contributed by atoms with Crippen molar-refractivity contribution >= 4 is 11.9 Å². The molecule has 0 aromatic carbocycles. The van der Waals surface area contributed by atoms with Crippen molar-refractivity contribution in [3.05, 3.63) is 17.5 Å². The van der Waals surface area contributed by atoms with Crippen molar-refractivity contribution in [2.75, 3.05) is 0 Å². The van der Waals surface area contributed by atoms with Crippen LogP contribution in [0.1, 0.15) is 36.5 Å². The van der Waals surface area contributed by atoms with Crippen molar-refractivity contribution in [1.82, 2.24) is 15.5 Å². The Balaban J connectivity index is 2.62. The van der Waals surface area contributed by atoms with Crippen LogP contribution < -0.4 is 5.32 Å². The third-order valence-corrected chi connectivity index (χ3v) is 2.10. The van der Waals surface area contributed by atoms with Crippen LogP contribution in [0.4, 0.5) is 0 Å². The van der Waals surface area contributed by atoms with Crippen LogP contribution in [0.15, 0.2) is 6.07 Å². The number of carboxylic acid groups (broad SMARTS) is 1. The summed E-state index contributed by atoms with van der Waals surface area (Å²) in [6, 6.07) is 0.715. The number of rotatable bonds is 5. The Kier molecular flexibility index (Phi) is 4.04. The topological polar surface area (TPSA) is 95.1 Å². The lowest BCUT2D eigenvalue weighted by Crippen LogP contribution is -2.38. The number of carbonyl (C=O) groups excluding carboxylic acids is 1. The first-order chi connectivity index (χ1) is 7.54. The largest absolute Gasteiger partial charge is 0.480 e. The molecule has 0 radical (unpaired) electrons. The van der Waals surface area contributed by atoms with Gasteiger partial charge in [0.2, 0.25) is 0 Å². The molecule has 3 N–H and O–H groups in total. The fraction of sp³-hybridized carbons (Fsp3) is 0.500. The van der Waals surface area contributed by atoms with E-state index in [0.717, 1.165) is 18.5 Å². The maximum absolute atomic E-state index is 11.5. The molecular weight excluding hydrogens is 210 g/mol. The fourth-order valence-electron chi connectivity index (χ4n) is 1.21. The monoisotopic (exact) mass is 225 g/mol. The highest BCUT2D eigenvalue weighted by atomic mass is 16.4. The number of carboxylic acids is 1. The van der Waals surface area contributed by atoms with Gasteiger partial charge in [0.05, 0.1) is 0 Å². The maximum atomic E-state index is 11.5. The van der Waals surface area contributed by atoms with E-state index in [-0.39, 0.29) is 5.69 Å². The SMILES string of the molecule is CCCc1cc(C(=O)NC(C)C(=O)O)n[nH]1. The number of carbonyl (C=O) groups is 2. The predicted octanol–water partition coefficient (Wildman–Crippen LogP) is 0.565. The molecule has 0 saturated carbocycles. The van der Waals surface area contributed by atoms with Crippen LogP contribution in [0.2, 0.25) is 0 Å². The van der Waals surface area contributed by atoms with Gasteiger partial charge >= 0.3 is 5.97 Å². The smallest absolute Gasteiger partial charge is 0.325 e. The van der Waals surface area contributed by atoms with E-state index in [4.69, 9.17) is 5.11 Å². The van der Waals surface area contributed by atoms with E-state index in [1.807, 2.05) is 6.92 Å². The van der Waals surface area contributed by atoms with Gasteiger partial charge < -0.3 is 10.4 Å². The minimum atomic E-state index is -1.07. The van der Waals surface area contributed by atoms with Crippen LogP contribution in [-0.4, -0.2) is 33.2 Å². The predicted molar refractivity (Wildman–Crippen MR) is 57.1 cm³/mol. The number of aryl methyl sites for hydroxylation is 1. The molecule has 6 heteroatoms. The van der Waals surface area contributed by atoms with Crippen LogP contribution in [0.5, 0.6) is 0 Å². The first-order valence-corrected chi connectivity index (χ1v) is 5.12. The van der Waals surface area contributed by atoms with Gasteiger partial charge in [-0.15, -0.1) is 0 Å². The summed E-state index contributed by atoms with van der Waals surface area (Å²) in [6.45, 7) is 3.42. The second kappa shape index (κ2) is 5.29. The number of nitrogens with zero attached hydrogens (tertiary/aromatic N) is 1. The number of H-pyrrole nitrogens is 1. The van der Waals surface area contributed by atoms with Crippen molar-refractivity contribution in [3.8, 4) is 0 Å². The standard InChI is InChI=1S/C10H15N3O3/c1-3-4-7-5-8(13-12-7)9(14)11-6(2)10(15)16/h5-6H,3-4H2,1-2H3,(H,11,14)(H,12,13)(H,15,16). The minimum Gasteiger partial charge on any atom is -0.480 e. The van der Waals surface area contributed by atoms with E-state index < -0.39 is 17.9 Å². The summed E-state index contributed by atoms with van der Waals surface area (Å²) in [5.74, 6) is -1.55. The highest BCUT2D eigenvalue weighted by Gasteiger charge is 2.17. The number of amides is 1. The highest BCUT2D eigenvalue weighted by molar-refractivity contribution is 5.94. The van der Waals surface area contributed by atoms with E-state index >= 15 is 0 Å². The summed E-state index contributed by atoms with van der Waals surface area (Å²) in [5.41, 5.74) is 1.09. The van der Waals surface area contributed by atoms with Crippen LogP contribution in [0.3, 0.4) is 0 Å². The second-order valence-corrected chi connectivity index (χ2v) is 3.56. The molecule has 0 aliphatic rings. The molecule has 1 unspecified atom stereocenters. The molecule has 1 rings (SSSR count). The van der Waals surface area contributed by atoms with Gasteiger partial charge in [0.15, 0.2) is 0 Å². The molecule has 0 fully saturated rings. The van der Waals surface area contributed by atoms with Crippen LogP contribution in [0, 0.1) is 0 Å². The number of aromatic amines is 1. The number of aromatic nitrogens is 2. The normalized spacial score (nSPS) is 12.1. The van der Waals surface area contributed by atoms with Crippen molar-refractivity contribution < 1.29 is 14.7 Å². The summed E-state index contributed by atoms with van der Waals surface area (Å²) in [5, 5.41) is 17.5. The average Bonchev–Trinajstić information content (AvgIpc) is 2.66. The molecule has 1 atom stereocenters. The molecule has 1 amide bonds. The first-order valence-electron chi connectivity index (χ1n) is 5.12. The number of hydrogen-bond donors (Lipinski definition) is 3. The number of hydrogen-bond acceptors (Lipinski definition) is 3. The average molecular weight is 225 g/mol. The van der Waals surface area contributed by atoms with Crippen molar-refractivity contribution in [2.45, 2.75) is 32.7 Å². The van der Waals surface area contributed by atoms with E-state index in [0.29, 0.717) is 0 Å². The lowest BCUT2D eigenvalue weighted by molar-refractivity contribution is -0.138. The van der Waals surface area contributed by atoms with Crippen molar-refractivity contribution in [2.24, 2.45) is 0 Å². The highest BCUT2D eigenvalue weighted by Crippen LogP contribution is 2.02. The van der Waals surface area contributed by atoms with Crippen LogP contribution >= 0.6 is 0 Å². The Morgan fingerprint density at radius 3 is 2.88 bits per heavy atom. The van der Waals surface area contributed by atoms with Gasteiger partial charge in [-0.3, -0.25) is 14.7 Å². The van der Waals surface area contributed by atoms with Gasteiger partial charge in [-0.05, 0) is 19.4 Å². The lowest BCUT2D eigenvalue weighted by Gasteiger charge is -2.06. The van der Waals surface area contributed by atoms with Crippen molar-refractivity contribution in [3.63, 3.8) is 0 Å². The number of aliphatic carboxylic acids is 1. The van der Waals surface area contributed by atoms with E-state index in [2.05, 4.69) is 15.5 Å². The first kappa shape index (κ1) is 12.2. The third kappa shape index (κ3) is 3.08. The quantitative estimate of drug-likeness (QED) is 0.682. The Labute approximate surface area is 93.1 Å². The molecule has 0 aliphatic carbocycles. The molecule has 0 aliphatic heterocycles. The molecule has 0 saturated heterocycles. The molecule has 0 bridgehead atoms. The molecule has 16 heavy (non-hydrogen) atoms. The summed E-state index contributed by atoms with van der Waals surface area (Å²) < 4.78 is 0. The van der Waals surface area contributed by atoms with Gasteiger partial charge in [0.25, 0.3) is 5.91 Å². The molecule has 6 nitrogen and oxygen atoms in total. The van der Waals surface area contributed by atoms with Gasteiger partial charge in [-0.25, -0.2) is 0 Å². The Hall–Kier alpha value is -1.85. The molecule has 88 valence electrons. The van der Waals surface area contributed by atoms with Gasteiger partial charge in [-0.1, -0.05) is 13.3 Å². The Morgan fingerprint density at radius 1 is 1.62 bits per heavy atom. The third-order valence-electron chi connectivity index (χ3n) is 2.10. The zero-order valence-corrected chi connectivity index (χ0v) is 9.28. The summed E-state index contributed by atoms with van der Waals surface area (Å²) in [4.78, 5) is 22.1. The molecular formula is C10H15N3O3. The second-order valence-electron chi connectivity index (χ2n) is 3.56. The Bertz CT molecular complexity index is 386. The zero-order chi connectivity index (χ0) is 12.1. The van der Waals surface area contributed by atoms with E-state index in [1.165, 1.54) is 6.92 Å². The van der Waals surface area contributed by atoms with Crippen molar-refractivity contribution in [1.29, 1.82) is 0 Å². The van der Waals surface area contributed by atoms with E-state index in [1.54, 1.807) is 6.07 Å². The van der Waals surface area contributed by atoms with Gasteiger partial charge in [0, 0.05) is 5.69 Å². The van der Waals surface area contributed by atoms with Gasteiger partial charge in [-0.2, -0.15) is 5.10 Å². The summed E-state index contributed by atoms with van der Waals surface area (Å²) >= 11 is 0. The molecule has 1 aromatic rings. The fourth-order valence-corrected chi connectivity index (χ4v) is 1.21. The lowest BCUT2D eigenvalue weighted by atomic mass is 10.2. The molecule has 1 aromatic heterocycles. The molecule has 1 heterocycles. The minimum absolute atomic E-state index is 0.219. The Morgan fingerprint density at radius 2 is 2.31 bits per heavy atom. The van der Waals surface area contributed by atoms with E-state index in [9.17, 15) is 9.59 Å². The van der Waals surface area contributed by atoms with Crippen LogP contribution in [0.25, 0.3) is 0 Å². The summed E-state index contributed by atoms with van der Waals surface area (Å²) in [6.07, 6.45) is 1.77. The summed E-state index contributed by atoms with van der Waals surface area (Å²) in [7, 11) is 0. The van der Waals surface area contributed by atoms with Gasteiger partial charge in [0.1, 0.15) is 11.7 Å². The molecule has 0 spiro atoms. The maximum Gasteiger partial charge on any atom is 0.325 e. The zero-order valence-electron chi connectivity index (χ0n) is 9.28.